The van der Waals surface area contributed by atoms with E-state index in [9.17, 15) is 9.90 Å². The molecule has 2 aromatic heterocycles. The Bertz CT molecular complexity index is 981. The van der Waals surface area contributed by atoms with Gasteiger partial charge in [0.1, 0.15) is 11.0 Å². The zero-order valence-electron chi connectivity index (χ0n) is 16.1. The van der Waals surface area contributed by atoms with Gasteiger partial charge in [0.15, 0.2) is 0 Å². The van der Waals surface area contributed by atoms with Gasteiger partial charge < -0.3 is 9.84 Å². The number of aryl methyl sites for hydroxylation is 3. The number of carbonyl (C=O) groups is 1. The van der Waals surface area contributed by atoms with Gasteiger partial charge in [-0.05, 0) is 37.5 Å². The first-order valence-corrected chi connectivity index (χ1v) is 8.97. The normalized spacial score (nSPS) is 12.3. The fourth-order valence-corrected chi connectivity index (χ4v) is 3.31. The molecule has 2 heterocycles. The number of pyridine rings is 1. The predicted molar refractivity (Wildman–Crippen MR) is 101 cm³/mol. The average Bonchev–Trinajstić information content (AvgIpc) is 3.03. The molecule has 3 aromatic rings. The first-order valence-electron chi connectivity index (χ1n) is 8.97. The van der Waals surface area contributed by atoms with Crippen LogP contribution in [0.15, 0.2) is 24.4 Å². The van der Waals surface area contributed by atoms with Crippen molar-refractivity contribution in [2.45, 2.75) is 39.7 Å². The molecule has 0 aliphatic rings. The number of aromatic nitrogens is 4. The smallest absolute Gasteiger partial charge is 0.306 e. The highest BCUT2D eigenvalue weighted by Gasteiger charge is 2.24. The van der Waals surface area contributed by atoms with E-state index < -0.39 is 0 Å². The Hall–Kier alpha value is -2.80. The van der Waals surface area contributed by atoms with E-state index in [4.69, 9.17) is 4.74 Å². The molecule has 1 unspecified atom stereocenters. The van der Waals surface area contributed by atoms with E-state index in [2.05, 4.69) is 15.3 Å². The maximum Gasteiger partial charge on any atom is 0.306 e. The van der Waals surface area contributed by atoms with Crippen LogP contribution in [0.5, 0.6) is 0 Å². The number of nitrogens with zero attached hydrogens (tertiary/aromatic N) is 4. The molecule has 7 heteroatoms. The molecule has 0 radical (unpaired) electrons. The van der Waals surface area contributed by atoms with Crippen LogP contribution in [0.25, 0.3) is 11.0 Å². The Balaban J connectivity index is 2.12. The Morgan fingerprint density at radius 3 is 2.81 bits per heavy atom. The number of hydrogen-bond acceptors (Lipinski definition) is 6. The first-order chi connectivity index (χ1) is 13.0. The third-order valence-electron chi connectivity index (χ3n) is 4.89. The van der Waals surface area contributed by atoms with Crippen molar-refractivity contribution in [2.75, 3.05) is 6.61 Å². The first kappa shape index (κ1) is 19.0. The van der Waals surface area contributed by atoms with E-state index in [0.717, 1.165) is 39.0 Å². The van der Waals surface area contributed by atoms with Gasteiger partial charge in [-0.3, -0.25) is 9.78 Å². The summed E-state index contributed by atoms with van der Waals surface area (Å²) in [4.78, 5) is 16.9. The van der Waals surface area contributed by atoms with Crippen LogP contribution < -0.4 is 0 Å². The Morgan fingerprint density at radius 2 is 2.11 bits per heavy atom. The number of aliphatic hydroxyl groups excluding tert-OH is 1. The lowest BCUT2D eigenvalue weighted by molar-refractivity contribution is -0.143. The molecule has 0 fully saturated rings. The van der Waals surface area contributed by atoms with Crippen molar-refractivity contribution in [1.82, 2.24) is 20.0 Å². The number of fused-ring (bicyclic) bond motifs is 1. The standard InChI is InChI=1S/C20H24N4O3/c1-5-27-18(26)9-16(14-7-6-12(2)15(8-14)11-25)19-13(3)20-17(10-21-19)24(4)23-22-20/h6-8,10,16,25H,5,9,11H2,1-4H3. The quantitative estimate of drug-likeness (QED) is 0.673. The van der Waals surface area contributed by atoms with E-state index >= 15 is 0 Å². The van der Waals surface area contributed by atoms with Crippen molar-refractivity contribution >= 4 is 17.0 Å². The molecule has 27 heavy (non-hydrogen) atoms. The van der Waals surface area contributed by atoms with Gasteiger partial charge in [-0.1, -0.05) is 23.4 Å². The fourth-order valence-electron chi connectivity index (χ4n) is 3.31. The van der Waals surface area contributed by atoms with Gasteiger partial charge in [-0.2, -0.15) is 0 Å². The highest BCUT2D eigenvalue weighted by molar-refractivity contribution is 5.78. The van der Waals surface area contributed by atoms with E-state index in [0.29, 0.717) is 6.61 Å². The summed E-state index contributed by atoms with van der Waals surface area (Å²) in [6.07, 6.45) is 1.90. The van der Waals surface area contributed by atoms with Crippen LogP contribution in [-0.2, 0) is 23.2 Å². The fraction of sp³-hybridized carbons (Fsp3) is 0.400. The van der Waals surface area contributed by atoms with Gasteiger partial charge in [-0.15, -0.1) is 5.10 Å². The van der Waals surface area contributed by atoms with E-state index in [1.807, 2.05) is 39.1 Å². The van der Waals surface area contributed by atoms with Crippen molar-refractivity contribution in [3.05, 3.63) is 52.3 Å². The minimum absolute atomic E-state index is 0.0542. The number of aliphatic hydroxyl groups is 1. The third-order valence-corrected chi connectivity index (χ3v) is 4.89. The van der Waals surface area contributed by atoms with E-state index in [1.54, 1.807) is 17.8 Å². The van der Waals surface area contributed by atoms with Crippen LogP contribution in [0.3, 0.4) is 0 Å². The summed E-state index contributed by atoms with van der Waals surface area (Å²) >= 11 is 0. The minimum atomic E-state index is -0.290. The summed E-state index contributed by atoms with van der Waals surface area (Å²) in [6, 6.07) is 5.86. The Morgan fingerprint density at radius 1 is 1.33 bits per heavy atom. The van der Waals surface area contributed by atoms with Crippen molar-refractivity contribution in [2.24, 2.45) is 7.05 Å². The van der Waals surface area contributed by atoms with Gasteiger partial charge in [0.25, 0.3) is 0 Å². The molecule has 142 valence electrons. The van der Waals surface area contributed by atoms with Crippen molar-refractivity contribution in [1.29, 1.82) is 0 Å². The van der Waals surface area contributed by atoms with Gasteiger partial charge in [0.2, 0.25) is 0 Å². The predicted octanol–water partition coefficient (Wildman–Crippen LogP) is 2.56. The van der Waals surface area contributed by atoms with Crippen LogP contribution >= 0.6 is 0 Å². The number of ether oxygens (including phenoxy) is 1. The number of carbonyl (C=O) groups excluding carboxylic acids is 1. The largest absolute Gasteiger partial charge is 0.466 e. The molecule has 0 bridgehead atoms. The molecule has 0 saturated heterocycles. The van der Waals surface area contributed by atoms with E-state index in [-0.39, 0.29) is 24.9 Å². The SMILES string of the molecule is CCOC(=O)CC(c1ccc(C)c(CO)c1)c1ncc2c(nnn2C)c1C. The second-order valence-electron chi connectivity index (χ2n) is 6.62. The summed E-state index contributed by atoms with van der Waals surface area (Å²) in [5.41, 5.74) is 6.02. The van der Waals surface area contributed by atoms with Crippen LogP contribution in [-0.4, -0.2) is 37.7 Å². The number of rotatable bonds is 6. The topological polar surface area (TPSA) is 90.1 Å². The minimum Gasteiger partial charge on any atom is -0.466 e. The van der Waals surface area contributed by atoms with Crippen LogP contribution in [0, 0.1) is 13.8 Å². The van der Waals surface area contributed by atoms with Crippen molar-refractivity contribution in [3.8, 4) is 0 Å². The second-order valence-corrected chi connectivity index (χ2v) is 6.62. The zero-order valence-corrected chi connectivity index (χ0v) is 16.1. The van der Waals surface area contributed by atoms with Gasteiger partial charge in [-0.25, -0.2) is 4.68 Å². The zero-order chi connectivity index (χ0) is 19.6. The summed E-state index contributed by atoms with van der Waals surface area (Å²) in [5, 5.41) is 17.9. The summed E-state index contributed by atoms with van der Waals surface area (Å²) < 4.78 is 6.85. The molecular weight excluding hydrogens is 344 g/mol. The van der Waals surface area contributed by atoms with Crippen LogP contribution in [0.2, 0.25) is 0 Å². The molecule has 1 atom stereocenters. The highest BCUT2D eigenvalue weighted by Crippen LogP contribution is 2.32. The molecule has 0 aliphatic heterocycles. The van der Waals surface area contributed by atoms with Crippen molar-refractivity contribution in [3.63, 3.8) is 0 Å². The molecule has 1 N–H and O–H groups in total. The Kier molecular flexibility index (Phi) is 5.51. The molecule has 3 rings (SSSR count). The molecule has 0 spiro atoms. The lowest BCUT2D eigenvalue weighted by Crippen LogP contribution is -2.14. The van der Waals surface area contributed by atoms with Gasteiger partial charge in [0, 0.05) is 18.5 Å². The Labute approximate surface area is 158 Å². The summed E-state index contributed by atoms with van der Waals surface area (Å²) in [6.45, 7) is 5.96. The molecule has 0 aliphatic carbocycles. The number of benzene rings is 1. The lowest BCUT2D eigenvalue weighted by atomic mass is 9.87. The van der Waals surface area contributed by atoms with E-state index in [1.165, 1.54) is 0 Å². The molecule has 0 amide bonds. The molecule has 7 nitrogen and oxygen atoms in total. The highest BCUT2D eigenvalue weighted by atomic mass is 16.5. The average molecular weight is 368 g/mol. The number of esters is 1. The van der Waals surface area contributed by atoms with Crippen LogP contribution in [0.1, 0.15) is 47.2 Å². The molecular formula is C20H24N4O3. The maximum absolute atomic E-state index is 12.3. The molecule has 0 saturated carbocycles. The molecule has 1 aromatic carbocycles. The van der Waals surface area contributed by atoms with Gasteiger partial charge in [0.05, 0.1) is 31.5 Å². The summed E-state index contributed by atoms with van der Waals surface area (Å²) in [5.74, 6) is -0.574. The van der Waals surface area contributed by atoms with Gasteiger partial charge >= 0.3 is 5.97 Å². The number of hydrogen-bond donors (Lipinski definition) is 1. The van der Waals surface area contributed by atoms with Crippen molar-refractivity contribution < 1.29 is 14.6 Å². The lowest BCUT2D eigenvalue weighted by Gasteiger charge is -2.19. The second kappa shape index (κ2) is 7.84. The summed E-state index contributed by atoms with van der Waals surface area (Å²) in [7, 11) is 1.82. The monoisotopic (exact) mass is 368 g/mol. The van der Waals surface area contributed by atoms with Crippen LogP contribution in [0.4, 0.5) is 0 Å². The third kappa shape index (κ3) is 3.68. The maximum atomic E-state index is 12.3.